The van der Waals surface area contributed by atoms with E-state index in [9.17, 15) is 4.79 Å². The van der Waals surface area contributed by atoms with Gasteiger partial charge >= 0.3 is 0 Å². The van der Waals surface area contributed by atoms with E-state index in [4.69, 9.17) is 4.42 Å². The van der Waals surface area contributed by atoms with Crippen LogP contribution in [0.5, 0.6) is 0 Å². The second-order valence-electron chi connectivity index (χ2n) is 2.37. The van der Waals surface area contributed by atoms with Gasteiger partial charge in [0, 0.05) is 13.2 Å². The van der Waals surface area contributed by atoms with Crippen LogP contribution in [0.1, 0.15) is 5.76 Å². The van der Waals surface area contributed by atoms with E-state index in [1.165, 1.54) is 25.5 Å². The molecule has 0 aliphatic carbocycles. The van der Waals surface area contributed by atoms with Crippen molar-refractivity contribution in [2.75, 3.05) is 13.9 Å². The molecule has 0 fully saturated rings. The Bertz CT molecular complexity index is 292. The SMILES string of the molecule is COCONC(=O)/C=C/c1ccco1. The summed E-state index contributed by atoms with van der Waals surface area (Å²) in [6, 6.07) is 3.47. The summed E-state index contributed by atoms with van der Waals surface area (Å²) < 4.78 is 9.54. The summed E-state index contributed by atoms with van der Waals surface area (Å²) in [5.74, 6) is 0.227. The number of carbonyl (C=O) groups is 1. The monoisotopic (exact) mass is 197 g/mol. The van der Waals surface area contributed by atoms with Gasteiger partial charge < -0.3 is 9.15 Å². The van der Waals surface area contributed by atoms with Crippen LogP contribution in [0.25, 0.3) is 6.08 Å². The third-order valence-corrected chi connectivity index (χ3v) is 1.29. The van der Waals surface area contributed by atoms with Gasteiger partial charge in [0.25, 0.3) is 5.91 Å². The van der Waals surface area contributed by atoms with E-state index in [1.54, 1.807) is 12.1 Å². The molecule has 0 bridgehead atoms. The number of amides is 1. The minimum absolute atomic E-state index is 0.0142. The third kappa shape index (κ3) is 3.88. The Kier molecular flexibility index (Phi) is 4.46. The van der Waals surface area contributed by atoms with Crippen molar-refractivity contribution in [1.29, 1.82) is 0 Å². The first-order valence-corrected chi connectivity index (χ1v) is 3.95. The number of furan rings is 1. The summed E-state index contributed by atoms with van der Waals surface area (Å²) in [6.07, 6.45) is 4.36. The average molecular weight is 197 g/mol. The van der Waals surface area contributed by atoms with Crippen LogP contribution < -0.4 is 5.48 Å². The highest BCUT2D eigenvalue weighted by atomic mass is 16.8. The second-order valence-corrected chi connectivity index (χ2v) is 2.37. The molecule has 0 radical (unpaired) electrons. The van der Waals surface area contributed by atoms with Gasteiger partial charge in [-0.1, -0.05) is 0 Å². The molecule has 0 atom stereocenters. The maximum Gasteiger partial charge on any atom is 0.267 e. The first kappa shape index (κ1) is 10.5. The predicted octanol–water partition coefficient (Wildman–Crippen LogP) is 0.945. The van der Waals surface area contributed by atoms with Crippen LogP contribution in [0, 0.1) is 0 Å². The van der Waals surface area contributed by atoms with Gasteiger partial charge in [-0.15, -0.1) is 0 Å². The molecule has 1 aromatic rings. The van der Waals surface area contributed by atoms with Gasteiger partial charge in [0.15, 0.2) is 6.79 Å². The smallest absolute Gasteiger partial charge is 0.267 e. The zero-order chi connectivity index (χ0) is 10.2. The fourth-order valence-corrected chi connectivity index (χ4v) is 0.737. The van der Waals surface area contributed by atoms with E-state index < -0.39 is 0 Å². The Labute approximate surface area is 81.3 Å². The van der Waals surface area contributed by atoms with Gasteiger partial charge in [-0.25, -0.2) is 10.3 Å². The molecule has 0 saturated carbocycles. The van der Waals surface area contributed by atoms with Crippen molar-refractivity contribution in [3.8, 4) is 0 Å². The number of hydrogen-bond donors (Lipinski definition) is 1. The van der Waals surface area contributed by atoms with E-state index in [2.05, 4.69) is 15.1 Å². The molecule has 0 aliphatic heterocycles. The molecule has 14 heavy (non-hydrogen) atoms. The van der Waals surface area contributed by atoms with E-state index in [-0.39, 0.29) is 12.7 Å². The number of rotatable bonds is 5. The van der Waals surface area contributed by atoms with Gasteiger partial charge in [-0.2, -0.15) is 0 Å². The van der Waals surface area contributed by atoms with Crippen molar-refractivity contribution in [3.05, 3.63) is 30.2 Å². The fraction of sp³-hybridized carbons (Fsp3) is 0.222. The molecule has 5 heteroatoms. The minimum atomic E-state index is -0.376. The molecule has 0 spiro atoms. The highest BCUT2D eigenvalue weighted by Gasteiger charge is 1.94. The highest BCUT2D eigenvalue weighted by Crippen LogP contribution is 2.01. The number of nitrogens with one attached hydrogen (secondary N) is 1. The van der Waals surface area contributed by atoms with Crippen LogP contribution in [0.2, 0.25) is 0 Å². The Hall–Kier alpha value is -1.59. The predicted molar refractivity (Wildman–Crippen MR) is 48.8 cm³/mol. The van der Waals surface area contributed by atoms with E-state index >= 15 is 0 Å². The maximum atomic E-state index is 11.0. The Balaban J connectivity index is 2.26. The van der Waals surface area contributed by atoms with Crippen molar-refractivity contribution >= 4 is 12.0 Å². The van der Waals surface area contributed by atoms with Gasteiger partial charge in [0.1, 0.15) is 5.76 Å². The third-order valence-electron chi connectivity index (χ3n) is 1.29. The molecule has 1 rings (SSSR count). The molecular formula is C9H11NO4. The van der Waals surface area contributed by atoms with Crippen molar-refractivity contribution in [3.63, 3.8) is 0 Å². The number of methoxy groups -OCH3 is 1. The lowest BCUT2D eigenvalue weighted by Gasteiger charge is -1.99. The molecular weight excluding hydrogens is 186 g/mol. The van der Waals surface area contributed by atoms with Gasteiger partial charge in [-0.3, -0.25) is 4.79 Å². The van der Waals surface area contributed by atoms with Crippen LogP contribution >= 0.6 is 0 Å². The van der Waals surface area contributed by atoms with E-state index in [0.717, 1.165) is 0 Å². The summed E-state index contributed by atoms with van der Waals surface area (Å²) in [7, 11) is 1.46. The van der Waals surface area contributed by atoms with Crippen molar-refractivity contribution < 1.29 is 18.8 Å². The van der Waals surface area contributed by atoms with Crippen molar-refractivity contribution in [1.82, 2.24) is 5.48 Å². The lowest BCUT2D eigenvalue weighted by molar-refractivity contribution is -0.139. The van der Waals surface area contributed by atoms with Crippen molar-refractivity contribution in [2.45, 2.75) is 0 Å². The summed E-state index contributed by atoms with van der Waals surface area (Å²) in [5.41, 5.74) is 2.15. The van der Waals surface area contributed by atoms with E-state index in [0.29, 0.717) is 5.76 Å². The highest BCUT2D eigenvalue weighted by molar-refractivity contribution is 5.90. The quantitative estimate of drug-likeness (QED) is 0.330. The largest absolute Gasteiger partial charge is 0.465 e. The number of hydroxylamine groups is 1. The molecule has 0 aromatic carbocycles. The first-order valence-electron chi connectivity index (χ1n) is 3.95. The molecule has 1 N–H and O–H groups in total. The Morgan fingerprint density at radius 1 is 1.71 bits per heavy atom. The first-order chi connectivity index (χ1) is 6.83. The summed E-state index contributed by atoms with van der Waals surface area (Å²) in [4.78, 5) is 15.6. The average Bonchev–Trinajstić information content (AvgIpc) is 2.68. The number of carbonyl (C=O) groups excluding carboxylic acids is 1. The molecule has 0 aliphatic rings. The molecule has 0 saturated heterocycles. The fourth-order valence-electron chi connectivity index (χ4n) is 0.737. The van der Waals surface area contributed by atoms with Crippen LogP contribution in [0.15, 0.2) is 28.9 Å². The minimum Gasteiger partial charge on any atom is -0.465 e. The van der Waals surface area contributed by atoms with Crippen molar-refractivity contribution in [2.24, 2.45) is 0 Å². The van der Waals surface area contributed by atoms with Crippen LogP contribution in [0.3, 0.4) is 0 Å². The Morgan fingerprint density at radius 3 is 3.21 bits per heavy atom. The molecule has 1 heterocycles. The topological polar surface area (TPSA) is 60.7 Å². The Morgan fingerprint density at radius 2 is 2.57 bits per heavy atom. The molecule has 76 valence electrons. The molecule has 5 nitrogen and oxygen atoms in total. The lowest BCUT2D eigenvalue weighted by atomic mass is 10.4. The van der Waals surface area contributed by atoms with Crippen LogP contribution in [-0.4, -0.2) is 19.8 Å². The normalized spacial score (nSPS) is 10.6. The lowest BCUT2D eigenvalue weighted by Crippen LogP contribution is -2.22. The van der Waals surface area contributed by atoms with Gasteiger partial charge in [0.05, 0.1) is 6.26 Å². The van der Waals surface area contributed by atoms with E-state index in [1.807, 2.05) is 0 Å². The summed E-state index contributed by atoms with van der Waals surface area (Å²) in [6.45, 7) is 0.0142. The van der Waals surface area contributed by atoms with Crippen LogP contribution in [0.4, 0.5) is 0 Å². The number of ether oxygens (including phenoxy) is 1. The van der Waals surface area contributed by atoms with Crippen LogP contribution in [-0.2, 0) is 14.4 Å². The van der Waals surface area contributed by atoms with Gasteiger partial charge in [0.2, 0.25) is 0 Å². The zero-order valence-corrected chi connectivity index (χ0v) is 7.73. The molecule has 0 unspecified atom stereocenters. The molecule has 1 amide bonds. The number of hydrogen-bond acceptors (Lipinski definition) is 4. The molecule has 1 aromatic heterocycles. The standard InChI is InChI=1S/C9H11NO4/c1-12-7-14-10-9(11)5-4-8-3-2-6-13-8/h2-6H,7H2,1H3,(H,10,11)/b5-4+. The summed E-state index contributed by atoms with van der Waals surface area (Å²) >= 11 is 0. The zero-order valence-electron chi connectivity index (χ0n) is 7.73. The maximum absolute atomic E-state index is 11.0. The second kappa shape index (κ2) is 5.95. The summed E-state index contributed by atoms with van der Waals surface area (Å²) in [5, 5.41) is 0. The van der Waals surface area contributed by atoms with Gasteiger partial charge in [-0.05, 0) is 18.2 Å².